The van der Waals surface area contributed by atoms with E-state index in [9.17, 15) is 19.2 Å². The van der Waals surface area contributed by atoms with Gasteiger partial charge >= 0.3 is 11.9 Å². The van der Waals surface area contributed by atoms with Crippen molar-refractivity contribution >= 4 is 23.5 Å². The number of hydrogen-bond donors (Lipinski definition) is 0. The van der Waals surface area contributed by atoms with Crippen molar-refractivity contribution in [1.29, 1.82) is 0 Å². The number of carbonyl (C=O) groups is 4. The van der Waals surface area contributed by atoms with Crippen LogP contribution in [0.25, 0.3) is 0 Å². The molecule has 0 aliphatic carbocycles. The summed E-state index contributed by atoms with van der Waals surface area (Å²) in [6, 6.07) is 0. The van der Waals surface area contributed by atoms with Crippen molar-refractivity contribution in [3.8, 4) is 0 Å². The molecule has 6 heteroatoms. The van der Waals surface area contributed by atoms with Gasteiger partial charge in [-0.1, -0.05) is 41.5 Å². The van der Waals surface area contributed by atoms with Crippen molar-refractivity contribution in [2.45, 2.75) is 80.4 Å². The van der Waals surface area contributed by atoms with E-state index in [1.165, 1.54) is 13.8 Å². The molecule has 0 saturated carbocycles. The van der Waals surface area contributed by atoms with Crippen LogP contribution in [0.5, 0.6) is 0 Å². The van der Waals surface area contributed by atoms with Crippen LogP contribution in [-0.4, -0.2) is 35.7 Å². The molecule has 24 heavy (non-hydrogen) atoms. The second kappa shape index (κ2) is 8.40. The van der Waals surface area contributed by atoms with E-state index in [0.29, 0.717) is 0 Å². The average molecular weight is 342 g/mol. The lowest BCUT2D eigenvalue weighted by Gasteiger charge is -2.22. The fourth-order valence-corrected chi connectivity index (χ4v) is 2.04. The third kappa shape index (κ3) is 7.70. The molecular formula is C18H30O6. The minimum atomic E-state index is -0.866. The molecule has 0 aliphatic heterocycles. The predicted octanol–water partition coefficient (Wildman–Crippen LogP) is 2.86. The summed E-state index contributed by atoms with van der Waals surface area (Å²) in [5.74, 6) is -1.68. The molecule has 138 valence electrons. The van der Waals surface area contributed by atoms with E-state index < -0.39 is 35.0 Å². The van der Waals surface area contributed by atoms with Gasteiger partial charge in [0.2, 0.25) is 0 Å². The van der Waals surface area contributed by atoms with Gasteiger partial charge in [0, 0.05) is 10.8 Å². The zero-order valence-electron chi connectivity index (χ0n) is 16.0. The van der Waals surface area contributed by atoms with Crippen LogP contribution in [0.3, 0.4) is 0 Å². The molecule has 0 aromatic rings. The lowest BCUT2D eigenvalue weighted by atomic mass is 9.88. The van der Waals surface area contributed by atoms with E-state index in [0.717, 1.165) is 0 Å². The number of ether oxygens (including phenoxy) is 2. The van der Waals surface area contributed by atoms with Crippen molar-refractivity contribution in [3.05, 3.63) is 0 Å². The second-order valence-electron chi connectivity index (χ2n) is 7.99. The Morgan fingerprint density at radius 3 is 1.12 bits per heavy atom. The topological polar surface area (TPSA) is 86.7 Å². The van der Waals surface area contributed by atoms with E-state index >= 15 is 0 Å². The molecule has 0 heterocycles. The van der Waals surface area contributed by atoms with Crippen LogP contribution in [0, 0.1) is 10.8 Å². The molecule has 0 N–H and O–H groups in total. The first-order valence-corrected chi connectivity index (χ1v) is 8.14. The van der Waals surface area contributed by atoms with Gasteiger partial charge < -0.3 is 9.47 Å². The fourth-order valence-electron chi connectivity index (χ4n) is 2.04. The maximum atomic E-state index is 11.9. The van der Waals surface area contributed by atoms with Gasteiger partial charge in [0.05, 0.1) is 12.8 Å². The number of esters is 2. The smallest absolute Gasteiger partial charge is 0.307 e. The fraction of sp³-hybridized carbons (Fsp3) is 0.778. The standard InChI is InChI=1S/C18H30O6/c1-11(15(21)17(3,4)5)23-13(19)9-10-14(20)24-12(2)16(22)18(6,7)8/h11-12H,9-10H2,1-8H3/t11-,12+. The van der Waals surface area contributed by atoms with E-state index in [1.807, 2.05) is 0 Å². The number of rotatable bonds is 7. The van der Waals surface area contributed by atoms with Gasteiger partial charge in [-0.05, 0) is 13.8 Å². The number of Topliss-reactive ketones (excluding diaryl/α,β-unsaturated/α-hetero) is 2. The highest BCUT2D eigenvalue weighted by Gasteiger charge is 2.30. The van der Waals surface area contributed by atoms with Gasteiger partial charge in [-0.3, -0.25) is 19.2 Å². The molecule has 0 fully saturated rings. The van der Waals surface area contributed by atoms with Crippen LogP contribution in [0.15, 0.2) is 0 Å². The highest BCUT2D eigenvalue weighted by molar-refractivity contribution is 5.90. The SMILES string of the molecule is C[C@H](OC(=O)CCC(=O)O[C@H](C)C(=O)C(C)(C)C)C(=O)C(C)(C)C. The zero-order chi connectivity index (χ0) is 19.3. The third-order valence-corrected chi connectivity index (χ3v) is 3.37. The molecule has 6 nitrogen and oxygen atoms in total. The average Bonchev–Trinajstić information content (AvgIpc) is 2.41. The minimum absolute atomic E-state index is 0.192. The van der Waals surface area contributed by atoms with Crippen molar-refractivity contribution < 1.29 is 28.7 Å². The first-order valence-electron chi connectivity index (χ1n) is 8.14. The summed E-state index contributed by atoms with van der Waals surface area (Å²) in [6.07, 6.45) is -2.13. The highest BCUT2D eigenvalue weighted by atomic mass is 16.6. The summed E-state index contributed by atoms with van der Waals surface area (Å²) in [5, 5.41) is 0. The van der Waals surface area contributed by atoms with Crippen molar-refractivity contribution in [2.24, 2.45) is 10.8 Å². The summed E-state index contributed by atoms with van der Waals surface area (Å²) >= 11 is 0. The Hall–Kier alpha value is -1.72. The molecule has 0 aromatic heterocycles. The number of ketones is 2. The molecule has 2 atom stereocenters. The molecule has 0 aliphatic rings. The van der Waals surface area contributed by atoms with Crippen molar-refractivity contribution in [2.75, 3.05) is 0 Å². The zero-order valence-corrected chi connectivity index (χ0v) is 16.0. The second-order valence-corrected chi connectivity index (χ2v) is 7.99. The van der Waals surface area contributed by atoms with Crippen LogP contribution in [0.1, 0.15) is 68.2 Å². The molecule has 0 unspecified atom stereocenters. The first kappa shape index (κ1) is 22.3. The Morgan fingerprint density at radius 1 is 0.667 bits per heavy atom. The molecule has 0 radical (unpaired) electrons. The van der Waals surface area contributed by atoms with E-state index in [1.54, 1.807) is 41.5 Å². The molecule has 0 spiro atoms. The summed E-state index contributed by atoms with van der Waals surface area (Å²) < 4.78 is 10.1. The van der Waals surface area contributed by atoms with Gasteiger partial charge in [0.1, 0.15) is 0 Å². The van der Waals surface area contributed by atoms with Crippen LogP contribution in [0.2, 0.25) is 0 Å². The lowest BCUT2D eigenvalue weighted by molar-refractivity contribution is -0.161. The normalized spacial score (nSPS) is 14.5. The molecule has 0 rings (SSSR count). The molecule has 0 saturated heterocycles. The van der Waals surface area contributed by atoms with Gasteiger partial charge in [-0.15, -0.1) is 0 Å². The van der Waals surface area contributed by atoms with Gasteiger partial charge in [-0.25, -0.2) is 0 Å². The number of carbonyl (C=O) groups excluding carboxylic acids is 4. The van der Waals surface area contributed by atoms with Crippen LogP contribution in [0.4, 0.5) is 0 Å². The molecule has 0 amide bonds. The van der Waals surface area contributed by atoms with Gasteiger partial charge in [0.15, 0.2) is 23.8 Å². The van der Waals surface area contributed by atoms with Crippen LogP contribution in [-0.2, 0) is 28.7 Å². The number of hydrogen-bond acceptors (Lipinski definition) is 6. The molecule has 0 bridgehead atoms. The van der Waals surface area contributed by atoms with E-state index in [-0.39, 0.29) is 24.4 Å². The maximum absolute atomic E-state index is 11.9. The maximum Gasteiger partial charge on any atom is 0.307 e. The van der Waals surface area contributed by atoms with Crippen LogP contribution < -0.4 is 0 Å². The lowest BCUT2D eigenvalue weighted by Crippen LogP contribution is -2.35. The third-order valence-electron chi connectivity index (χ3n) is 3.37. The summed E-state index contributed by atoms with van der Waals surface area (Å²) in [5.41, 5.74) is -1.22. The monoisotopic (exact) mass is 342 g/mol. The summed E-state index contributed by atoms with van der Waals surface area (Å²) in [7, 11) is 0. The Kier molecular flexibility index (Phi) is 7.80. The summed E-state index contributed by atoms with van der Waals surface area (Å²) in [4.78, 5) is 47.3. The Bertz CT molecular complexity index is 447. The Labute approximate surface area is 144 Å². The van der Waals surface area contributed by atoms with Gasteiger partial charge in [0.25, 0.3) is 0 Å². The summed E-state index contributed by atoms with van der Waals surface area (Å²) in [6.45, 7) is 13.5. The first-order chi connectivity index (χ1) is 10.7. The largest absolute Gasteiger partial charge is 0.455 e. The predicted molar refractivity (Wildman–Crippen MR) is 89.3 cm³/mol. The Morgan fingerprint density at radius 2 is 0.917 bits per heavy atom. The van der Waals surface area contributed by atoms with Crippen LogP contribution >= 0.6 is 0 Å². The Balaban J connectivity index is 4.35. The molecular weight excluding hydrogens is 312 g/mol. The van der Waals surface area contributed by atoms with Gasteiger partial charge in [-0.2, -0.15) is 0 Å². The van der Waals surface area contributed by atoms with Crippen molar-refractivity contribution in [1.82, 2.24) is 0 Å². The van der Waals surface area contributed by atoms with E-state index in [4.69, 9.17) is 9.47 Å². The highest BCUT2D eigenvalue weighted by Crippen LogP contribution is 2.20. The van der Waals surface area contributed by atoms with Crippen molar-refractivity contribution in [3.63, 3.8) is 0 Å². The minimum Gasteiger partial charge on any atom is -0.455 e. The van der Waals surface area contributed by atoms with E-state index in [2.05, 4.69) is 0 Å². The molecule has 0 aromatic carbocycles. The quantitative estimate of drug-likeness (QED) is 0.661.